The van der Waals surface area contributed by atoms with Gasteiger partial charge in [0.05, 0.1) is 10.0 Å². The molecule has 0 aliphatic heterocycles. The Kier molecular flexibility index (Phi) is 2.91. The highest BCUT2D eigenvalue weighted by Gasteiger charge is 2.08. The Labute approximate surface area is 102 Å². The molecule has 2 aromatic rings. The zero-order chi connectivity index (χ0) is 11.0. The van der Waals surface area contributed by atoms with Crippen LogP contribution in [0.3, 0.4) is 0 Å². The van der Waals surface area contributed by atoms with Crippen molar-refractivity contribution in [3.63, 3.8) is 0 Å². The molecule has 15 heavy (non-hydrogen) atoms. The van der Waals surface area contributed by atoms with Crippen LogP contribution in [0.1, 0.15) is 5.69 Å². The van der Waals surface area contributed by atoms with Crippen LogP contribution in [0.2, 0.25) is 15.3 Å². The largest absolute Gasteiger partial charge is 0.288 e. The molecule has 0 unspecified atom stereocenters. The maximum atomic E-state index is 5.95. The minimum atomic E-state index is 0.408. The van der Waals surface area contributed by atoms with Gasteiger partial charge in [-0.1, -0.05) is 23.2 Å². The first-order chi connectivity index (χ1) is 7.09. The van der Waals surface area contributed by atoms with Crippen molar-refractivity contribution in [2.75, 3.05) is 0 Å². The molecular formula is C10H7Cl3N2. The van der Waals surface area contributed by atoms with Crippen molar-refractivity contribution in [1.82, 2.24) is 9.55 Å². The third-order valence-corrected chi connectivity index (χ3v) is 3.06. The fourth-order valence-corrected chi connectivity index (χ4v) is 1.91. The first-order valence-electron chi connectivity index (χ1n) is 4.25. The smallest absolute Gasteiger partial charge is 0.207 e. The van der Waals surface area contributed by atoms with Crippen LogP contribution in [0.25, 0.3) is 5.69 Å². The fraction of sp³-hybridized carbons (Fsp3) is 0.100. The summed E-state index contributed by atoms with van der Waals surface area (Å²) in [5.74, 6) is 0. The van der Waals surface area contributed by atoms with Crippen molar-refractivity contribution in [3.8, 4) is 5.69 Å². The molecule has 0 saturated carbocycles. The lowest BCUT2D eigenvalue weighted by molar-refractivity contribution is 1.01. The predicted molar refractivity (Wildman–Crippen MR) is 63.3 cm³/mol. The van der Waals surface area contributed by atoms with Crippen LogP contribution in [0.5, 0.6) is 0 Å². The van der Waals surface area contributed by atoms with Gasteiger partial charge < -0.3 is 0 Å². The molecule has 1 aromatic carbocycles. The Balaban J connectivity index is 2.59. The van der Waals surface area contributed by atoms with Crippen LogP contribution in [0, 0.1) is 6.92 Å². The Morgan fingerprint density at radius 2 is 1.87 bits per heavy atom. The molecule has 78 valence electrons. The number of hydrogen-bond donors (Lipinski definition) is 0. The van der Waals surface area contributed by atoms with Crippen molar-refractivity contribution < 1.29 is 0 Å². The van der Waals surface area contributed by atoms with Crippen LogP contribution in [-0.4, -0.2) is 9.55 Å². The summed E-state index contributed by atoms with van der Waals surface area (Å²) in [6, 6.07) is 5.33. The summed E-state index contributed by atoms with van der Waals surface area (Å²) in [7, 11) is 0. The molecule has 0 aliphatic carbocycles. The number of rotatable bonds is 1. The highest BCUT2D eigenvalue weighted by atomic mass is 35.5. The number of imidazole rings is 1. The molecule has 0 atom stereocenters. The lowest BCUT2D eigenvalue weighted by Crippen LogP contribution is -1.96. The van der Waals surface area contributed by atoms with E-state index >= 15 is 0 Å². The molecular weight excluding hydrogens is 254 g/mol. The Bertz CT molecular complexity index is 486. The lowest BCUT2D eigenvalue weighted by Gasteiger charge is -2.07. The first kappa shape index (κ1) is 10.8. The van der Waals surface area contributed by atoms with Crippen LogP contribution >= 0.6 is 34.8 Å². The van der Waals surface area contributed by atoms with E-state index < -0.39 is 0 Å². The number of hydrogen-bond acceptors (Lipinski definition) is 1. The van der Waals surface area contributed by atoms with Crippen LogP contribution in [0.4, 0.5) is 0 Å². The van der Waals surface area contributed by atoms with Gasteiger partial charge in [0.25, 0.3) is 0 Å². The van der Waals surface area contributed by atoms with Gasteiger partial charge in [-0.25, -0.2) is 4.98 Å². The summed E-state index contributed by atoms with van der Waals surface area (Å²) in [5, 5.41) is 1.43. The number of halogens is 3. The van der Waals surface area contributed by atoms with Gasteiger partial charge in [-0.2, -0.15) is 0 Å². The number of benzene rings is 1. The van der Waals surface area contributed by atoms with E-state index in [9.17, 15) is 0 Å². The zero-order valence-electron chi connectivity index (χ0n) is 7.84. The van der Waals surface area contributed by atoms with Crippen molar-refractivity contribution in [2.45, 2.75) is 6.92 Å². The number of aromatic nitrogens is 2. The highest BCUT2D eigenvalue weighted by molar-refractivity contribution is 6.42. The Morgan fingerprint density at radius 3 is 2.40 bits per heavy atom. The van der Waals surface area contributed by atoms with Gasteiger partial charge in [0, 0.05) is 17.6 Å². The van der Waals surface area contributed by atoms with E-state index in [2.05, 4.69) is 4.98 Å². The van der Waals surface area contributed by atoms with Crippen molar-refractivity contribution in [3.05, 3.63) is 45.4 Å². The fourth-order valence-electron chi connectivity index (χ4n) is 1.34. The predicted octanol–water partition coefficient (Wildman–Crippen LogP) is 4.14. The summed E-state index contributed by atoms with van der Waals surface area (Å²) in [6.07, 6.45) is 1.70. The molecule has 0 N–H and O–H groups in total. The molecule has 0 fully saturated rings. The molecule has 1 aromatic heterocycles. The average molecular weight is 262 g/mol. The Hall–Kier alpha value is -0.700. The standard InChI is InChI=1S/C10H7Cl3N2/c1-6-5-14-10(13)15(6)7-2-3-8(11)9(12)4-7/h2-5H,1H3. The average Bonchev–Trinajstić information content (AvgIpc) is 2.52. The van der Waals surface area contributed by atoms with Gasteiger partial charge in [-0.05, 0) is 36.7 Å². The van der Waals surface area contributed by atoms with Gasteiger partial charge in [-0.15, -0.1) is 0 Å². The second-order valence-corrected chi connectivity index (χ2v) is 4.25. The summed E-state index contributed by atoms with van der Waals surface area (Å²) < 4.78 is 1.80. The third kappa shape index (κ3) is 1.98. The quantitative estimate of drug-likeness (QED) is 0.754. The van der Waals surface area contributed by atoms with Gasteiger partial charge in [0.1, 0.15) is 0 Å². The van der Waals surface area contributed by atoms with Crippen molar-refractivity contribution in [1.29, 1.82) is 0 Å². The topological polar surface area (TPSA) is 17.8 Å². The molecule has 0 spiro atoms. The number of nitrogens with zero attached hydrogens (tertiary/aromatic N) is 2. The monoisotopic (exact) mass is 260 g/mol. The second kappa shape index (κ2) is 4.05. The van der Waals surface area contributed by atoms with E-state index in [0.29, 0.717) is 15.3 Å². The van der Waals surface area contributed by atoms with Crippen LogP contribution in [0.15, 0.2) is 24.4 Å². The molecule has 5 heteroatoms. The van der Waals surface area contributed by atoms with Crippen LogP contribution < -0.4 is 0 Å². The molecule has 0 aliphatic rings. The highest BCUT2D eigenvalue weighted by Crippen LogP contribution is 2.26. The van der Waals surface area contributed by atoms with Crippen LogP contribution in [-0.2, 0) is 0 Å². The van der Waals surface area contributed by atoms with Gasteiger partial charge in [0.15, 0.2) is 0 Å². The SMILES string of the molecule is Cc1cnc(Cl)n1-c1ccc(Cl)c(Cl)c1. The van der Waals surface area contributed by atoms with Crippen molar-refractivity contribution in [2.24, 2.45) is 0 Å². The van der Waals surface area contributed by atoms with E-state index in [0.717, 1.165) is 11.4 Å². The third-order valence-electron chi connectivity index (χ3n) is 2.06. The van der Waals surface area contributed by atoms with E-state index in [1.807, 2.05) is 13.0 Å². The summed E-state index contributed by atoms with van der Waals surface area (Å²) in [4.78, 5) is 4.00. The molecule has 1 heterocycles. The molecule has 0 saturated heterocycles. The molecule has 2 rings (SSSR count). The minimum absolute atomic E-state index is 0.408. The molecule has 0 amide bonds. The summed E-state index contributed by atoms with van der Waals surface area (Å²) in [5.41, 5.74) is 1.79. The van der Waals surface area contributed by atoms with E-state index in [4.69, 9.17) is 34.8 Å². The lowest BCUT2D eigenvalue weighted by atomic mass is 10.3. The zero-order valence-corrected chi connectivity index (χ0v) is 10.1. The first-order valence-corrected chi connectivity index (χ1v) is 5.38. The van der Waals surface area contributed by atoms with Gasteiger partial charge in [0.2, 0.25) is 5.28 Å². The van der Waals surface area contributed by atoms with Gasteiger partial charge >= 0.3 is 0 Å². The molecule has 2 nitrogen and oxygen atoms in total. The summed E-state index contributed by atoms with van der Waals surface area (Å²) in [6.45, 7) is 1.92. The minimum Gasteiger partial charge on any atom is -0.288 e. The molecule has 0 bridgehead atoms. The number of aryl methyl sites for hydroxylation is 1. The van der Waals surface area contributed by atoms with E-state index in [-0.39, 0.29) is 0 Å². The van der Waals surface area contributed by atoms with Gasteiger partial charge in [-0.3, -0.25) is 4.57 Å². The second-order valence-electron chi connectivity index (χ2n) is 3.10. The summed E-state index contributed by atoms with van der Waals surface area (Å²) >= 11 is 17.7. The normalized spacial score (nSPS) is 10.7. The maximum absolute atomic E-state index is 5.95. The Morgan fingerprint density at radius 1 is 1.13 bits per heavy atom. The maximum Gasteiger partial charge on any atom is 0.207 e. The van der Waals surface area contributed by atoms with Crippen molar-refractivity contribution >= 4 is 34.8 Å². The van der Waals surface area contributed by atoms with E-state index in [1.165, 1.54) is 0 Å². The van der Waals surface area contributed by atoms with E-state index in [1.54, 1.807) is 22.9 Å². The molecule has 0 radical (unpaired) electrons.